The molecule has 2 atom stereocenters. The number of anilines is 1. The summed E-state index contributed by atoms with van der Waals surface area (Å²) in [6.07, 6.45) is -1.15. The first-order valence-corrected chi connectivity index (χ1v) is 8.15. The van der Waals surface area contributed by atoms with Gasteiger partial charge >= 0.3 is 6.09 Å². The van der Waals surface area contributed by atoms with Crippen LogP contribution in [0, 0.1) is 0 Å². The Kier molecular flexibility index (Phi) is 5.30. The molecule has 1 fully saturated rings. The number of hydrogen-bond donors (Lipinski definition) is 2. The summed E-state index contributed by atoms with van der Waals surface area (Å²) >= 11 is 0. The van der Waals surface area contributed by atoms with E-state index in [0.29, 0.717) is 5.69 Å². The van der Waals surface area contributed by atoms with E-state index in [4.69, 9.17) is 4.74 Å². The summed E-state index contributed by atoms with van der Waals surface area (Å²) < 4.78 is 5.29. The molecule has 2 aromatic rings. The van der Waals surface area contributed by atoms with Crippen molar-refractivity contribution in [2.24, 2.45) is 0 Å². The highest BCUT2D eigenvalue weighted by atomic mass is 16.6. The van der Waals surface area contributed by atoms with Gasteiger partial charge in [-0.3, -0.25) is 9.69 Å². The average Bonchev–Trinajstić information content (AvgIpc) is 3.03. The van der Waals surface area contributed by atoms with Gasteiger partial charge in [0.15, 0.2) is 0 Å². The molecule has 2 aromatic carbocycles. The number of para-hydroxylation sites is 1. The Morgan fingerprint density at radius 3 is 2.40 bits per heavy atom. The molecule has 2 unspecified atom stereocenters. The molecule has 0 aliphatic carbocycles. The fourth-order valence-corrected chi connectivity index (χ4v) is 2.81. The summed E-state index contributed by atoms with van der Waals surface area (Å²) in [7, 11) is 0. The van der Waals surface area contributed by atoms with Gasteiger partial charge < -0.3 is 15.2 Å². The Morgan fingerprint density at radius 2 is 1.72 bits per heavy atom. The Morgan fingerprint density at radius 1 is 1.08 bits per heavy atom. The summed E-state index contributed by atoms with van der Waals surface area (Å²) in [5, 5.41) is 12.7. The predicted octanol–water partition coefficient (Wildman–Crippen LogP) is 2.40. The van der Waals surface area contributed by atoms with E-state index in [9.17, 15) is 14.7 Å². The lowest BCUT2D eigenvalue weighted by molar-refractivity contribution is -0.120. The fraction of sp³-hybridized carbons (Fsp3) is 0.263. The molecule has 3 rings (SSSR count). The van der Waals surface area contributed by atoms with E-state index in [1.54, 1.807) is 12.1 Å². The SMILES string of the molecule is O=C(Nc1ccccc1)C1CC(O)CN1C(=O)OCc1ccccc1. The van der Waals surface area contributed by atoms with Crippen LogP contribution in [-0.4, -0.2) is 40.7 Å². The molecular weight excluding hydrogens is 320 g/mol. The molecule has 6 nitrogen and oxygen atoms in total. The zero-order valence-electron chi connectivity index (χ0n) is 13.7. The number of aliphatic hydroxyl groups is 1. The molecular formula is C19H20N2O4. The largest absolute Gasteiger partial charge is 0.445 e. The van der Waals surface area contributed by atoms with Crippen LogP contribution in [0.4, 0.5) is 10.5 Å². The number of benzene rings is 2. The molecule has 6 heteroatoms. The minimum atomic E-state index is -0.751. The summed E-state index contributed by atoms with van der Waals surface area (Å²) in [4.78, 5) is 26.1. The first kappa shape index (κ1) is 17.0. The zero-order chi connectivity index (χ0) is 17.6. The second kappa shape index (κ2) is 7.81. The molecule has 130 valence electrons. The molecule has 25 heavy (non-hydrogen) atoms. The molecule has 0 aromatic heterocycles. The van der Waals surface area contributed by atoms with Crippen molar-refractivity contribution in [3.8, 4) is 0 Å². The lowest BCUT2D eigenvalue weighted by atomic mass is 10.2. The molecule has 2 N–H and O–H groups in total. The summed E-state index contributed by atoms with van der Waals surface area (Å²) in [6.45, 7) is 0.208. The first-order valence-electron chi connectivity index (χ1n) is 8.15. The van der Waals surface area contributed by atoms with Gasteiger partial charge in [0, 0.05) is 12.1 Å². The highest BCUT2D eigenvalue weighted by Crippen LogP contribution is 2.21. The standard InChI is InChI=1S/C19H20N2O4/c22-16-11-17(18(23)20-15-9-5-2-6-10-15)21(12-16)19(24)25-13-14-7-3-1-4-8-14/h1-10,16-17,22H,11-13H2,(H,20,23). The monoisotopic (exact) mass is 340 g/mol. The van der Waals surface area contributed by atoms with Crippen molar-refractivity contribution < 1.29 is 19.4 Å². The molecule has 1 heterocycles. The molecule has 1 aliphatic heterocycles. The molecule has 0 radical (unpaired) electrons. The molecule has 0 spiro atoms. The van der Waals surface area contributed by atoms with Crippen LogP contribution >= 0.6 is 0 Å². The molecule has 1 aliphatic rings. The molecule has 2 amide bonds. The molecule has 0 saturated carbocycles. The minimum absolute atomic E-state index is 0.0838. The van der Waals surface area contributed by atoms with E-state index in [-0.39, 0.29) is 25.5 Å². The Hall–Kier alpha value is -2.86. The third-order valence-electron chi connectivity index (χ3n) is 4.06. The van der Waals surface area contributed by atoms with E-state index in [2.05, 4.69) is 5.32 Å². The number of β-amino-alcohol motifs (C(OH)–C–C–N with tert-alkyl or cyclic N) is 1. The number of nitrogens with one attached hydrogen (secondary N) is 1. The van der Waals surface area contributed by atoms with Gasteiger partial charge in [0.05, 0.1) is 12.6 Å². The number of aliphatic hydroxyl groups excluding tert-OH is 1. The maximum Gasteiger partial charge on any atom is 0.410 e. The van der Waals surface area contributed by atoms with Crippen molar-refractivity contribution in [2.75, 3.05) is 11.9 Å². The van der Waals surface area contributed by atoms with Crippen LogP contribution in [0.2, 0.25) is 0 Å². The Balaban J connectivity index is 1.62. The van der Waals surface area contributed by atoms with Crippen molar-refractivity contribution in [3.63, 3.8) is 0 Å². The lowest BCUT2D eigenvalue weighted by Gasteiger charge is -2.23. The highest BCUT2D eigenvalue weighted by molar-refractivity contribution is 5.96. The first-order chi connectivity index (χ1) is 12.1. The van der Waals surface area contributed by atoms with E-state index >= 15 is 0 Å². The quantitative estimate of drug-likeness (QED) is 0.896. The maximum absolute atomic E-state index is 12.5. The van der Waals surface area contributed by atoms with Crippen LogP contribution in [0.15, 0.2) is 60.7 Å². The van der Waals surface area contributed by atoms with Gasteiger partial charge in [0.1, 0.15) is 12.6 Å². The van der Waals surface area contributed by atoms with Gasteiger partial charge in [0.25, 0.3) is 0 Å². The number of ether oxygens (including phenoxy) is 1. The normalized spacial score (nSPS) is 19.5. The third-order valence-corrected chi connectivity index (χ3v) is 4.06. The van der Waals surface area contributed by atoms with Crippen molar-refractivity contribution in [3.05, 3.63) is 66.2 Å². The van der Waals surface area contributed by atoms with Crippen LogP contribution in [-0.2, 0) is 16.1 Å². The molecule has 0 bridgehead atoms. The summed E-state index contributed by atoms with van der Waals surface area (Å²) in [5.74, 6) is -0.334. The fourth-order valence-electron chi connectivity index (χ4n) is 2.81. The number of carbonyl (C=O) groups is 2. The van der Waals surface area contributed by atoms with Gasteiger partial charge in [-0.25, -0.2) is 4.79 Å². The molecule has 1 saturated heterocycles. The van der Waals surface area contributed by atoms with Gasteiger partial charge in [-0.15, -0.1) is 0 Å². The van der Waals surface area contributed by atoms with Gasteiger partial charge in [-0.1, -0.05) is 48.5 Å². The number of carbonyl (C=O) groups excluding carboxylic acids is 2. The maximum atomic E-state index is 12.5. The number of amides is 2. The zero-order valence-corrected chi connectivity index (χ0v) is 13.7. The van der Waals surface area contributed by atoms with E-state index in [0.717, 1.165) is 5.56 Å². The number of nitrogens with zero attached hydrogens (tertiary/aromatic N) is 1. The topological polar surface area (TPSA) is 78.9 Å². The number of hydrogen-bond acceptors (Lipinski definition) is 4. The van der Waals surface area contributed by atoms with E-state index < -0.39 is 18.2 Å². The predicted molar refractivity (Wildman–Crippen MR) is 92.8 cm³/mol. The Bertz CT molecular complexity index is 721. The highest BCUT2D eigenvalue weighted by Gasteiger charge is 2.39. The number of likely N-dealkylation sites (tertiary alicyclic amines) is 1. The average molecular weight is 340 g/mol. The van der Waals surface area contributed by atoms with Crippen molar-refractivity contribution >= 4 is 17.7 Å². The second-order valence-corrected chi connectivity index (χ2v) is 5.95. The van der Waals surface area contributed by atoms with Crippen LogP contribution in [0.1, 0.15) is 12.0 Å². The van der Waals surface area contributed by atoms with Crippen molar-refractivity contribution in [2.45, 2.75) is 25.2 Å². The van der Waals surface area contributed by atoms with Crippen LogP contribution in [0.5, 0.6) is 0 Å². The van der Waals surface area contributed by atoms with Crippen molar-refractivity contribution in [1.82, 2.24) is 4.90 Å². The smallest absolute Gasteiger partial charge is 0.410 e. The minimum Gasteiger partial charge on any atom is -0.445 e. The van der Waals surface area contributed by atoms with Crippen molar-refractivity contribution in [1.29, 1.82) is 0 Å². The summed E-state index contributed by atoms with van der Waals surface area (Å²) in [5.41, 5.74) is 1.51. The van der Waals surface area contributed by atoms with Crippen LogP contribution < -0.4 is 5.32 Å². The van der Waals surface area contributed by atoms with Gasteiger partial charge in [0.2, 0.25) is 5.91 Å². The van der Waals surface area contributed by atoms with Gasteiger partial charge in [-0.2, -0.15) is 0 Å². The van der Waals surface area contributed by atoms with Crippen LogP contribution in [0.25, 0.3) is 0 Å². The summed E-state index contributed by atoms with van der Waals surface area (Å²) in [6, 6.07) is 17.6. The third kappa shape index (κ3) is 4.36. The van der Waals surface area contributed by atoms with Gasteiger partial charge in [-0.05, 0) is 17.7 Å². The number of rotatable bonds is 4. The van der Waals surface area contributed by atoms with E-state index in [1.807, 2.05) is 48.5 Å². The van der Waals surface area contributed by atoms with Crippen LogP contribution in [0.3, 0.4) is 0 Å². The second-order valence-electron chi connectivity index (χ2n) is 5.95. The van der Waals surface area contributed by atoms with E-state index in [1.165, 1.54) is 4.90 Å². The Labute approximate surface area is 146 Å². The lowest BCUT2D eigenvalue weighted by Crippen LogP contribution is -2.43.